The second-order valence-electron chi connectivity index (χ2n) is 6.35. The fourth-order valence-corrected chi connectivity index (χ4v) is 4.37. The Hall–Kier alpha value is -1.36. The molecule has 1 aromatic rings. The van der Waals surface area contributed by atoms with E-state index in [4.69, 9.17) is 0 Å². The van der Waals surface area contributed by atoms with Crippen molar-refractivity contribution in [2.45, 2.75) is 63.6 Å². The van der Waals surface area contributed by atoms with Crippen LogP contribution in [0, 0.1) is 0 Å². The van der Waals surface area contributed by atoms with E-state index in [1.807, 2.05) is 18.7 Å². The lowest BCUT2D eigenvalue weighted by molar-refractivity contribution is -0.156. The number of amides is 2. The van der Waals surface area contributed by atoms with Crippen LogP contribution in [0.1, 0.15) is 45.1 Å². The third kappa shape index (κ3) is 2.48. The molecule has 1 spiro atoms. The van der Waals surface area contributed by atoms with E-state index in [2.05, 4.69) is 22.1 Å². The summed E-state index contributed by atoms with van der Waals surface area (Å²) in [7, 11) is 0. The number of carbonyl (C=O) groups excluding carboxylic acids is 2. The highest BCUT2D eigenvalue weighted by atomic mass is 32.1. The van der Waals surface area contributed by atoms with Crippen molar-refractivity contribution in [2.24, 2.45) is 0 Å². The second-order valence-corrected chi connectivity index (χ2v) is 7.13. The Morgan fingerprint density at radius 3 is 2.76 bits per heavy atom. The molecule has 2 unspecified atom stereocenters. The summed E-state index contributed by atoms with van der Waals surface area (Å²) in [5.74, 6) is 0.114. The van der Waals surface area contributed by atoms with Gasteiger partial charge in [0.2, 0.25) is 11.8 Å². The van der Waals surface area contributed by atoms with Gasteiger partial charge in [0.1, 0.15) is 11.6 Å². The van der Waals surface area contributed by atoms with E-state index in [9.17, 15) is 9.59 Å². The molecule has 0 bridgehead atoms. The molecule has 1 aliphatic heterocycles. The molecule has 2 aliphatic rings. The van der Waals surface area contributed by atoms with Gasteiger partial charge in [-0.3, -0.25) is 9.59 Å². The molecule has 1 aromatic heterocycles. The van der Waals surface area contributed by atoms with Gasteiger partial charge in [0.15, 0.2) is 0 Å². The van der Waals surface area contributed by atoms with Crippen LogP contribution in [0.15, 0.2) is 16.8 Å². The van der Waals surface area contributed by atoms with E-state index < -0.39 is 5.54 Å². The molecule has 2 fully saturated rings. The molecule has 114 valence electrons. The lowest BCUT2D eigenvalue weighted by Crippen LogP contribution is -2.70. The maximum Gasteiger partial charge on any atom is 0.249 e. The van der Waals surface area contributed by atoms with Crippen LogP contribution in [0.5, 0.6) is 0 Å². The van der Waals surface area contributed by atoms with Crippen molar-refractivity contribution >= 4 is 23.2 Å². The zero-order valence-electron chi connectivity index (χ0n) is 12.6. The van der Waals surface area contributed by atoms with Crippen LogP contribution < -0.4 is 5.32 Å². The third-order valence-corrected chi connectivity index (χ3v) is 5.58. The van der Waals surface area contributed by atoms with Crippen LogP contribution in [-0.2, 0) is 16.0 Å². The van der Waals surface area contributed by atoms with Crippen molar-refractivity contribution in [1.29, 1.82) is 0 Å². The van der Waals surface area contributed by atoms with Gasteiger partial charge in [0.05, 0.1) is 0 Å². The van der Waals surface area contributed by atoms with Gasteiger partial charge >= 0.3 is 0 Å². The Kier molecular flexibility index (Phi) is 3.78. The van der Waals surface area contributed by atoms with Gasteiger partial charge in [-0.1, -0.05) is 12.8 Å². The second kappa shape index (κ2) is 5.44. The smallest absolute Gasteiger partial charge is 0.249 e. The van der Waals surface area contributed by atoms with E-state index in [-0.39, 0.29) is 23.9 Å². The van der Waals surface area contributed by atoms with Crippen LogP contribution in [0.4, 0.5) is 0 Å². The Morgan fingerprint density at radius 2 is 2.14 bits per heavy atom. The summed E-state index contributed by atoms with van der Waals surface area (Å²) in [6.07, 6.45) is 4.42. The number of rotatable bonds is 3. The summed E-state index contributed by atoms with van der Waals surface area (Å²) in [4.78, 5) is 27.1. The first kappa shape index (κ1) is 14.6. The summed E-state index contributed by atoms with van der Waals surface area (Å²) >= 11 is 1.67. The zero-order valence-corrected chi connectivity index (χ0v) is 13.4. The maximum atomic E-state index is 13.0. The summed E-state index contributed by atoms with van der Waals surface area (Å²) in [5, 5.41) is 7.17. The molecule has 1 aliphatic carbocycles. The first-order valence-corrected chi connectivity index (χ1v) is 8.64. The molecule has 3 rings (SSSR count). The summed E-state index contributed by atoms with van der Waals surface area (Å²) in [5.41, 5.74) is 0.617. The molecule has 2 atom stereocenters. The number of thiophene rings is 1. The van der Waals surface area contributed by atoms with Gasteiger partial charge in [0.25, 0.3) is 0 Å². The summed E-state index contributed by atoms with van der Waals surface area (Å²) in [6, 6.07) is 1.76. The molecule has 1 saturated heterocycles. The van der Waals surface area contributed by atoms with E-state index in [0.29, 0.717) is 0 Å². The first-order valence-electron chi connectivity index (χ1n) is 7.69. The molecular formula is C16H22N2O2S. The number of nitrogens with one attached hydrogen (secondary N) is 1. The van der Waals surface area contributed by atoms with Crippen LogP contribution in [0.25, 0.3) is 0 Å². The lowest BCUT2D eigenvalue weighted by atomic mass is 9.89. The van der Waals surface area contributed by atoms with Crippen molar-refractivity contribution in [1.82, 2.24) is 10.2 Å². The Morgan fingerprint density at radius 1 is 1.43 bits per heavy atom. The van der Waals surface area contributed by atoms with Crippen molar-refractivity contribution in [3.63, 3.8) is 0 Å². The minimum atomic E-state index is -0.619. The molecule has 0 radical (unpaired) electrons. The number of piperazine rings is 1. The van der Waals surface area contributed by atoms with Gasteiger partial charge in [-0.2, -0.15) is 11.3 Å². The number of carbonyl (C=O) groups is 2. The lowest BCUT2D eigenvalue weighted by Gasteiger charge is -2.46. The monoisotopic (exact) mass is 306 g/mol. The summed E-state index contributed by atoms with van der Waals surface area (Å²) in [6.45, 7) is 3.88. The molecule has 4 nitrogen and oxygen atoms in total. The topological polar surface area (TPSA) is 49.4 Å². The van der Waals surface area contributed by atoms with E-state index in [1.165, 1.54) is 5.56 Å². The highest BCUT2D eigenvalue weighted by molar-refractivity contribution is 7.07. The highest BCUT2D eigenvalue weighted by Crippen LogP contribution is 2.35. The fraction of sp³-hybridized carbons (Fsp3) is 0.625. The van der Waals surface area contributed by atoms with Gasteiger partial charge in [-0.05, 0) is 55.5 Å². The molecule has 5 heteroatoms. The van der Waals surface area contributed by atoms with E-state index in [0.717, 1.165) is 32.1 Å². The highest BCUT2D eigenvalue weighted by Gasteiger charge is 2.51. The van der Waals surface area contributed by atoms with Crippen molar-refractivity contribution in [3.8, 4) is 0 Å². The summed E-state index contributed by atoms with van der Waals surface area (Å²) < 4.78 is 0. The molecule has 21 heavy (non-hydrogen) atoms. The average molecular weight is 306 g/mol. The minimum Gasteiger partial charge on any atom is -0.340 e. The van der Waals surface area contributed by atoms with Crippen LogP contribution in [-0.4, -0.2) is 34.3 Å². The number of nitrogens with zero attached hydrogens (tertiary/aromatic N) is 1. The van der Waals surface area contributed by atoms with Crippen LogP contribution in [0.3, 0.4) is 0 Å². The quantitative estimate of drug-likeness (QED) is 0.932. The fourth-order valence-electron chi connectivity index (χ4n) is 3.69. The minimum absolute atomic E-state index is 0.00586. The predicted molar refractivity (Wildman–Crippen MR) is 83.1 cm³/mol. The van der Waals surface area contributed by atoms with Crippen molar-refractivity contribution in [3.05, 3.63) is 22.4 Å². The Bertz CT molecular complexity index is 534. The van der Waals surface area contributed by atoms with Crippen LogP contribution in [0.2, 0.25) is 0 Å². The predicted octanol–water partition coefficient (Wildman–Crippen LogP) is 2.34. The van der Waals surface area contributed by atoms with E-state index in [1.54, 1.807) is 11.3 Å². The molecule has 1 saturated carbocycles. The molecule has 0 aromatic carbocycles. The van der Waals surface area contributed by atoms with Gasteiger partial charge in [-0.15, -0.1) is 0 Å². The van der Waals surface area contributed by atoms with Gasteiger partial charge < -0.3 is 10.2 Å². The Balaban J connectivity index is 1.83. The van der Waals surface area contributed by atoms with Gasteiger partial charge in [0, 0.05) is 6.04 Å². The third-order valence-electron chi connectivity index (χ3n) is 4.85. The first-order chi connectivity index (χ1) is 10.0. The largest absolute Gasteiger partial charge is 0.340 e. The molecular weight excluding hydrogens is 284 g/mol. The standard InChI is InChI=1S/C16H22N2O2S/c1-11(9-13-5-8-21-10-13)18-12(2)14(19)17-16(15(18)20)6-3-4-7-16/h5,8,10-12H,3-4,6-7,9H2,1-2H3,(H,17,19). The normalized spacial score (nSPS) is 26.2. The van der Waals surface area contributed by atoms with Crippen molar-refractivity contribution in [2.75, 3.05) is 0 Å². The number of hydrogen-bond donors (Lipinski definition) is 1. The van der Waals surface area contributed by atoms with Crippen LogP contribution >= 0.6 is 11.3 Å². The molecule has 2 heterocycles. The molecule has 2 amide bonds. The Labute approximate surface area is 129 Å². The SMILES string of the molecule is CC(Cc1ccsc1)N1C(=O)C2(CCCC2)NC(=O)C1C. The molecule has 1 N–H and O–H groups in total. The van der Waals surface area contributed by atoms with Gasteiger partial charge in [-0.25, -0.2) is 0 Å². The van der Waals surface area contributed by atoms with E-state index >= 15 is 0 Å². The average Bonchev–Trinajstić information content (AvgIpc) is 3.09. The number of hydrogen-bond acceptors (Lipinski definition) is 3. The van der Waals surface area contributed by atoms with Crippen molar-refractivity contribution < 1.29 is 9.59 Å². The zero-order chi connectivity index (χ0) is 15.0. The maximum absolute atomic E-state index is 13.0.